The lowest BCUT2D eigenvalue weighted by Gasteiger charge is -2.38. The van der Waals surface area contributed by atoms with Gasteiger partial charge in [-0.25, -0.2) is 18.6 Å². The summed E-state index contributed by atoms with van der Waals surface area (Å²) in [7, 11) is 0. The molecule has 1 aromatic carbocycles. The van der Waals surface area contributed by atoms with E-state index < -0.39 is 41.2 Å². The van der Waals surface area contributed by atoms with E-state index >= 15 is 0 Å². The monoisotopic (exact) mass is 488 g/mol. The smallest absolute Gasteiger partial charge is 0.413 e. The maximum atomic E-state index is 13.8. The zero-order valence-corrected chi connectivity index (χ0v) is 20.4. The van der Waals surface area contributed by atoms with Gasteiger partial charge in [0.25, 0.3) is 0 Å². The van der Waals surface area contributed by atoms with Gasteiger partial charge >= 0.3 is 17.9 Å². The number of aryl methyl sites for hydroxylation is 1. The highest BCUT2D eigenvalue weighted by Crippen LogP contribution is 2.34. The number of hydrogen-bond donors (Lipinski definition) is 2. The van der Waals surface area contributed by atoms with Crippen LogP contribution in [0.15, 0.2) is 30.5 Å². The van der Waals surface area contributed by atoms with Crippen molar-refractivity contribution >= 4 is 29.4 Å². The minimum Gasteiger partial charge on any atom is -0.444 e. The minimum absolute atomic E-state index is 0.149. The summed E-state index contributed by atoms with van der Waals surface area (Å²) in [6.45, 7) is 9.17. The number of pyridine rings is 1. The summed E-state index contributed by atoms with van der Waals surface area (Å²) in [5, 5.41) is 5.08. The van der Waals surface area contributed by atoms with Gasteiger partial charge in [0.15, 0.2) is 11.6 Å². The third-order valence-electron chi connectivity index (χ3n) is 5.56. The van der Waals surface area contributed by atoms with Crippen LogP contribution in [0.25, 0.3) is 0 Å². The van der Waals surface area contributed by atoms with Gasteiger partial charge in [-0.15, -0.1) is 0 Å². The average molecular weight is 489 g/mol. The number of rotatable bonds is 3. The molecule has 1 aliphatic rings. The van der Waals surface area contributed by atoms with Gasteiger partial charge in [0.05, 0.1) is 17.9 Å². The first-order valence-electron chi connectivity index (χ1n) is 11.4. The van der Waals surface area contributed by atoms with Crippen molar-refractivity contribution in [1.82, 2.24) is 9.88 Å². The molecule has 2 N–H and O–H groups in total. The Morgan fingerprint density at radius 3 is 2.43 bits per heavy atom. The molecular formula is C25H30F2N4O4. The van der Waals surface area contributed by atoms with E-state index in [9.17, 15) is 23.2 Å². The van der Waals surface area contributed by atoms with E-state index in [0.717, 1.165) is 18.6 Å². The van der Waals surface area contributed by atoms with Crippen LogP contribution in [0, 0.1) is 24.5 Å². The molecule has 0 radical (unpaired) electrons. The first-order chi connectivity index (χ1) is 16.3. The summed E-state index contributed by atoms with van der Waals surface area (Å²) in [5.74, 6) is -3.22. The summed E-state index contributed by atoms with van der Waals surface area (Å²) in [5.41, 5.74) is 0.583. The van der Waals surface area contributed by atoms with Crippen LogP contribution in [-0.4, -0.2) is 39.9 Å². The van der Waals surface area contributed by atoms with E-state index in [2.05, 4.69) is 15.6 Å². The predicted molar refractivity (Wildman–Crippen MR) is 127 cm³/mol. The molecule has 10 heteroatoms. The third kappa shape index (κ3) is 6.74. The van der Waals surface area contributed by atoms with E-state index in [0.29, 0.717) is 24.1 Å². The number of benzene rings is 1. The van der Waals surface area contributed by atoms with Crippen molar-refractivity contribution in [1.29, 1.82) is 0 Å². The number of aromatic nitrogens is 1. The Hall–Kier alpha value is -3.56. The maximum absolute atomic E-state index is 13.8. The molecule has 1 fully saturated rings. The predicted octanol–water partition coefficient (Wildman–Crippen LogP) is 4.95. The highest BCUT2D eigenvalue weighted by Gasteiger charge is 2.34. The minimum atomic E-state index is -1.00. The molecule has 1 aromatic heterocycles. The van der Waals surface area contributed by atoms with Gasteiger partial charge in [0.1, 0.15) is 11.4 Å². The van der Waals surface area contributed by atoms with E-state index in [1.54, 1.807) is 33.8 Å². The lowest BCUT2D eigenvalue weighted by atomic mass is 9.89. The van der Waals surface area contributed by atoms with Gasteiger partial charge in [-0.1, -0.05) is 13.0 Å². The van der Waals surface area contributed by atoms with Crippen LogP contribution in [0.5, 0.6) is 0 Å². The van der Waals surface area contributed by atoms with Crippen molar-refractivity contribution in [3.8, 4) is 0 Å². The second kappa shape index (κ2) is 10.4. The Kier molecular flexibility index (Phi) is 7.72. The van der Waals surface area contributed by atoms with E-state index in [1.165, 1.54) is 17.2 Å². The Morgan fingerprint density at radius 2 is 1.80 bits per heavy atom. The summed E-state index contributed by atoms with van der Waals surface area (Å²) >= 11 is 0. The fourth-order valence-electron chi connectivity index (χ4n) is 3.93. The van der Waals surface area contributed by atoms with E-state index in [1.807, 2.05) is 6.92 Å². The van der Waals surface area contributed by atoms with Crippen LogP contribution in [0.2, 0.25) is 0 Å². The van der Waals surface area contributed by atoms with Crippen molar-refractivity contribution in [2.45, 2.75) is 59.1 Å². The van der Waals surface area contributed by atoms with Crippen molar-refractivity contribution in [2.75, 3.05) is 17.2 Å². The standard InChI is InChI=1S/C25H30F2N4O4/c1-14-6-9-20(16-7-8-18(26)19(27)11-16)31(13-14)23(33)22(32)29-17-10-15(2)21(28-12-17)30-24(34)35-25(3,4)5/h7-8,10-12,14,20H,6,9,13H2,1-5H3,(H,29,32)(H,28,30,34). The Labute approximate surface area is 203 Å². The molecule has 8 nitrogen and oxygen atoms in total. The van der Waals surface area contributed by atoms with Gasteiger partial charge in [-0.3, -0.25) is 14.9 Å². The number of carbonyl (C=O) groups excluding carboxylic acids is 3. The van der Waals surface area contributed by atoms with Crippen molar-refractivity contribution in [2.24, 2.45) is 5.92 Å². The fraction of sp³-hybridized carbons (Fsp3) is 0.440. The molecule has 0 saturated carbocycles. The Morgan fingerprint density at radius 1 is 1.09 bits per heavy atom. The van der Waals surface area contributed by atoms with Crippen LogP contribution in [0.4, 0.5) is 25.1 Å². The Balaban J connectivity index is 1.72. The second-order valence-electron chi connectivity index (χ2n) is 9.80. The van der Waals surface area contributed by atoms with Crippen LogP contribution < -0.4 is 10.6 Å². The topological polar surface area (TPSA) is 101 Å². The number of nitrogens with one attached hydrogen (secondary N) is 2. The van der Waals surface area contributed by atoms with E-state index in [-0.39, 0.29) is 17.4 Å². The summed E-state index contributed by atoms with van der Waals surface area (Å²) in [6, 6.07) is 4.54. The zero-order valence-electron chi connectivity index (χ0n) is 20.4. The molecule has 2 heterocycles. The number of piperidine rings is 1. The normalized spacial score (nSPS) is 18.1. The third-order valence-corrected chi connectivity index (χ3v) is 5.56. The fourth-order valence-corrected chi connectivity index (χ4v) is 3.93. The summed E-state index contributed by atoms with van der Waals surface area (Å²) < 4.78 is 32.4. The SMILES string of the molecule is Cc1cc(NC(=O)C(=O)N2CC(C)CCC2c2ccc(F)c(F)c2)cnc1NC(=O)OC(C)(C)C. The van der Waals surface area contributed by atoms with Crippen LogP contribution in [0.1, 0.15) is 57.7 Å². The molecule has 3 amide bonds. The Bertz CT molecular complexity index is 1130. The molecule has 188 valence electrons. The largest absolute Gasteiger partial charge is 0.444 e. The molecular weight excluding hydrogens is 458 g/mol. The molecule has 0 spiro atoms. The molecule has 1 aliphatic heterocycles. The number of anilines is 2. The highest BCUT2D eigenvalue weighted by atomic mass is 19.2. The van der Waals surface area contributed by atoms with Gasteiger partial charge in [-0.2, -0.15) is 0 Å². The van der Waals surface area contributed by atoms with Gasteiger partial charge in [0.2, 0.25) is 0 Å². The molecule has 2 aromatic rings. The second-order valence-corrected chi connectivity index (χ2v) is 9.80. The van der Waals surface area contributed by atoms with Crippen LogP contribution in [0.3, 0.4) is 0 Å². The number of likely N-dealkylation sites (tertiary alicyclic amines) is 1. The van der Waals surface area contributed by atoms with Crippen molar-refractivity contribution in [3.63, 3.8) is 0 Å². The number of nitrogens with zero attached hydrogens (tertiary/aromatic N) is 2. The van der Waals surface area contributed by atoms with Crippen molar-refractivity contribution in [3.05, 3.63) is 53.2 Å². The summed E-state index contributed by atoms with van der Waals surface area (Å²) in [6.07, 6.45) is 1.96. The molecule has 0 bridgehead atoms. The highest BCUT2D eigenvalue weighted by molar-refractivity contribution is 6.39. The molecule has 35 heavy (non-hydrogen) atoms. The number of hydrogen-bond acceptors (Lipinski definition) is 5. The zero-order chi connectivity index (χ0) is 25.9. The van der Waals surface area contributed by atoms with Crippen molar-refractivity contribution < 1.29 is 27.9 Å². The number of amides is 3. The molecule has 3 rings (SSSR count). The quantitative estimate of drug-likeness (QED) is 0.595. The maximum Gasteiger partial charge on any atom is 0.413 e. The van der Waals surface area contributed by atoms with Gasteiger partial charge in [-0.05, 0) is 75.8 Å². The molecule has 2 unspecified atom stereocenters. The average Bonchev–Trinajstić information content (AvgIpc) is 2.75. The van der Waals surface area contributed by atoms with Gasteiger partial charge < -0.3 is 15.0 Å². The van der Waals surface area contributed by atoms with Gasteiger partial charge in [0, 0.05) is 6.54 Å². The first kappa shape index (κ1) is 26.1. The number of ether oxygens (including phenoxy) is 1. The number of halogens is 2. The molecule has 0 aliphatic carbocycles. The van der Waals surface area contributed by atoms with E-state index in [4.69, 9.17) is 4.74 Å². The molecule has 1 saturated heterocycles. The van der Waals surface area contributed by atoms with Crippen LogP contribution in [-0.2, 0) is 14.3 Å². The number of carbonyl (C=O) groups is 3. The summed E-state index contributed by atoms with van der Waals surface area (Å²) in [4.78, 5) is 43.4. The molecule has 2 atom stereocenters. The lowest BCUT2D eigenvalue weighted by Crippen LogP contribution is -2.46. The van der Waals surface area contributed by atoms with Crippen LogP contribution >= 0.6 is 0 Å². The first-order valence-corrected chi connectivity index (χ1v) is 11.4. The lowest BCUT2D eigenvalue weighted by molar-refractivity contribution is -0.146.